The van der Waals surface area contributed by atoms with Crippen molar-refractivity contribution in [1.29, 1.82) is 0 Å². The monoisotopic (exact) mass is 371 g/mol. The van der Waals surface area contributed by atoms with Crippen LogP contribution in [-0.2, 0) is 17.1 Å². The maximum atomic E-state index is 13.0. The molecular formula is C18H21N5O2S. The third-order valence-corrected chi connectivity index (χ3v) is 6.66. The number of sulfonamides is 1. The van der Waals surface area contributed by atoms with Gasteiger partial charge in [-0.05, 0) is 49.2 Å². The lowest BCUT2D eigenvalue weighted by Gasteiger charge is -2.31. The first kappa shape index (κ1) is 17.0. The Bertz CT molecular complexity index is 977. The topological polar surface area (TPSA) is 73.0 Å². The number of aryl methyl sites for hydroxylation is 1. The van der Waals surface area contributed by atoms with Crippen LogP contribution in [0.4, 0.5) is 0 Å². The number of aromatic nitrogens is 4. The van der Waals surface area contributed by atoms with Crippen LogP contribution in [0.3, 0.4) is 0 Å². The van der Waals surface area contributed by atoms with Crippen LogP contribution in [0.5, 0.6) is 0 Å². The maximum absolute atomic E-state index is 13.0. The number of piperidine rings is 1. The van der Waals surface area contributed by atoms with Crippen LogP contribution in [0.25, 0.3) is 5.69 Å². The second-order valence-electron chi connectivity index (χ2n) is 6.56. The summed E-state index contributed by atoms with van der Waals surface area (Å²) in [6, 6.07) is 10.7. The van der Waals surface area contributed by atoms with Gasteiger partial charge in [-0.2, -0.15) is 14.5 Å². The minimum atomic E-state index is -3.51. The predicted octanol–water partition coefficient (Wildman–Crippen LogP) is 2.17. The molecule has 0 N–H and O–H groups in total. The van der Waals surface area contributed by atoms with Crippen molar-refractivity contribution in [2.24, 2.45) is 7.05 Å². The molecule has 1 fully saturated rings. The Kier molecular flexibility index (Phi) is 4.37. The Morgan fingerprint density at radius 1 is 1.12 bits per heavy atom. The first-order chi connectivity index (χ1) is 12.5. The summed E-state index contributed by atoms with van der Waals surface area (Å²) in [4.78, 5) is 0.315. The SMILES string of the molecule is Cn1ccc(C2CCCN(S(=O)(=O)c3ccc(-n4cccn4)cc3)C2)n1. The number of rotatable bonds is 4. The van der Waals surface area contributed by atoms with E-state index in [0.717, 1.165) is 24.2 Å². The van der Waals surface area contributed by atoms with Gasteiger partial charge >= 0.3 is 0 Å². The lowest BCUT2D eigenvalue weighted by Crippen LogP contribution is -2.39. The fourth-order valence-electron chi connectivity index (χ4n) is 3.39. The smallest absolute Gasteiger partial charge is 0.243 e. The molecule has 0 aliphatic carbocycles. The Hall–Kier alpha value is -2.45. The highest BCUT2D eigenvalue weighted by Crippen LogP contribution is 2.29. The zero-order chi connectivity index (χ0) is 18.1. The van der Waals surface area contributed by atoms with Gasteiger partial charge in [-0.1, -0.05) is 0 Å². The average molecular weight is 371 g/mol. The lowest BCUT2D eigenvalue weighted by molar-refractivity contribution is 0.312. The molecular weight excluding hydrogens is 350 g/mol. The van der Waals surface area contributed by atoms with E-state index in [2.05, 4.69) is 10.2 Å². The second-order valence-corrected chi connectivity index (χ2v) is 8.50. The molecule has 0 radical (unpaired) electrons. The van der Waals surface area contributed by atoms with Crippen molar-refractivity contribution in [2.75, 3.05) is 13.1 Å². The minimum Gasteiger partial charge on any atom is -0.276 e. The summed E-state index contributed by atoms with van der Waals surface area (Å²) < 4.78 is 31.1. The van der Waals surface area contributed by atoms with Crippen molar-refractivity contribution in [3.63, 3.8) is 0 Å². The van der Waals surface area contributed by atoms with Crippen LogP contribution in [0.1, 0.15) is 24.5 Å². The van der Waals surface area contributed by atoms with E-state index in [-0.39, 0.29) is 5.92 Å². The summed E-state index contributed by atoms with van der Waals surface area (Å²) in [5, 5.41) is 8.61. The van der Waals surface area contributed by atoms with Crippen LogP contribution >= 0.6 is 0 Å². The summed E-state index contributed by atoms with van der Waals surface area (Å²) in [7, 11) is -1.64. The summed E-state index contributed by atoms with van der Waals surface area (Å²) in [6.07, 6.45) is 7.21. The predicted molar refractivity (Wildman–Crippen MR) is 97.5 cm³/mol. The van der Waals surface area contributed by atoms with E-state index >= 15 is 0 Å². The van der Waals surface area contributed by atoms with Crippen molar-refractivity contribution in [1.82, 2.24) is 23.9 Å². The van der Waals surface area contributed by atoms with Crippen molar-refractivity contribution in [3.05, 3.63) is 60.7 Å². The average Bonchev–Trinajstić information content (AvgIpc) is 3.34. The number of benzene rings is 1. The summed E-state index contributed by atoms with van der Waals surface area (Å²) >= 11 is 0. The van der Waals surface area contributed by atoms with E-state index in [9.17, 15) is 8.42 Å². The van der Waals surface area contributed by atoms with Gasteiger partial charge in [0, 0.05) is 44.6 Å². The van der Waals surface area contributed by atoms with Crippen LogP contribution in [-0.4, -0.2) is 45.4 Å². The molecule has 4 rings (SSSR count). The van der Waals surface area contributed by atoms with E-state index in [1.807, 2.05) is 31.6 Å². The van der Waals surface area contributed by atoms with Crippen molar-refractivity contribution >= 4 is 10.0 Å². The Morgan fingerprint density at radius 2 is 1.92 bits per heavy atom. The van der Waals surface area contributed by atoms with Crippen LogP contribution in [0.2, 0.25) is 0 Å². The molecule has 0 spiro atoms. The molecule has 0 saturated carbocycles. The van der Waals surface area contributed by atoms with Gasteiger partial charge in [0.05, 0.1) is 16.3 Å². The van der Waals surface area contributed by atoms with Crippen molar-refractivity contribution < 1.29 is 8.42 Å². The van der Waals surface area contributed by atoms with Gasteiger partial charge in [0.1, 0.15) is 0 Å². The maximum Gasteiger partial charge on any atom is 0.243 e. The molecule has 1 aliphatic heterocycles. The van der Waals surface area contributed by atoms with Gasteiger partial charge in [-0.15, -0.1) is 0 Å². The largest absolute Gasteiger partial charge is 0.276 e. The first-order valence-electron chi connectivity index (χ1n) is 8.64. The summed E-state index contributed by atoms with van der Waals surface area (Å²) in [6.45, 7) is 1.02. The fraction of sp³-hybridized carbons (Fsp3) is 0.333. The normalized spacial score (nSPS) is 18.9. The molecule has 1 aromatic carbocycles. The minimum absolute atomic E-state index is 0.142. The van der Waals surface area contributed by atoms with Gasteiger partial charge < -0.3 is 0 Å². The highest BCUT2D eigenvalue weighted by molar-refractivity contribution is 7.89. The quantitative estimate of drug-likeness (QED) is 0.705. The van der Waals surface area contributed by atoms with Gasteiger partial charge in [0.15, 0.2) is 0 Å². The number of hydrogen-bond donors (Lipinski definition) is 0. The highest BCUT2D eigenvalue weighted by atomic mass is 32.2. The molecule has 0 bridgehead atoms. The zero-order valence-electron chi connectivity index (χ0n) is 14.6. The zero-order valence-corrected chi connectivity index (χ0v) is 15.4. The van der Waals surface area contributed by atoms with Gasteiger partial charge in [-0.3, -0.25) is 4.68 Å². The lowest BCUT2D eigenvalue weighted by atomic mass is 9.96. The second kappa shape index (κ2) is 6.69. The molecule has 7 nitrogen and oxygen atoms in total. The van der Waals surface area contributed by atoms with E-state index in [4.69, 9.17) is 0 Å². The third kappa shape index (κ3) is 3.17. The van der Waals surface area contributed by atoms with Crippen LogP contribution < -0.4 is 0 Å². The standard InChI is InChI=1S/C18H21N5O2S/c1-21-13-9-18(20-21)15-4-2-11-22(14-15)26(24,25)17-7-5-16(6-8-17)23-12-3-10-19-23/h3,5-10,12-13,15H,2,4,11,14H2,1H3. The first-order valence-corrected chi connectivity index (χ1v) is 10.1. The molecule has 1 atom stereocenters. The number of nitrogens with zero attached hydrogens (tertiary/aromatic N) is 5. The Balaban J connectivity index is 1.55. The summed E-state index contributed by atoms with van der Waals surface area (Å²) in [5.41, 5.74) is 1.79. The van der Waals surface area contributed by atoms with E-state index < -0.39 is 10.0 Å². The molecule has 3 heterocycles. The third-order valence-electron chi connectivity index (χ3n) is 4.78. The number of hydrogen-bond acceptors (Lipinski definition) is 4. The van der Waals surface area contributed by atoms with Gasteiger partial charge in [-0.25, -0.2) is 13.1 Å². The molecule has 2 aromatic heterocycles. The van der Waals surface area contributed by atoms with Crippen molar-refractivity contribution in [2.45, 2.75) is 23.7 Å². The molecule has 136 valence electrons. The van der Waals surface area contributed by atoms with Crippen LogP contribution in [0.15, 0.2) is 59.9 Å². The molecule has 0 amide bonds. The molecule has 26 heavy (non-hydrogen) atoms. The Labute approximate surface area is 152 Å². The molecule has 1 unspecified atom stereocenters. The Morgan fingerprint density at radius 3 is 2.58 bits per heavy atom. The van der Waals surface area contributed by atoms with E-state index in [0.29, 0.717) is 18.0 Å². The van der Waals surface area contributed by atoms with Gasteiger partial charge in [0.25, 0.3) is 0 Å². The molecule has 3 aromatic rings. The summed E-state index contributed by atoms with van der Waals surface area (Å²) in [5.74, 6) is 0.142. The fourth-order valence-corrected chi connectivity index (χ4v) is 4.92. The molecule has 1 aliphatic rings. The van der Waals surface area contributed by atoms with E-state index in [1.54, 1.807) is 44.1 Å². The molecule has 8 heteroatoms. The highest BCUT2D eigenvalue weighted by Gasteiger charge is 2.31. The van der Waals surface area contributed by atoms with E-state index in [1.165, 1.54) is 0 Å². The van der Waals surface area contributed by atoms with Crippen molar-refractivity contribution in [3.8, 4) is 5.69 Å². The van der Waals surface area contributed by atoms with Crippen LogP contribution in [0, 0.1) is 0 Å². The molecule has 1 saturated heterocycles. The van der Waals surface area contributed by atoms with Gasteiger partial charge in [0.2, 0.25) is 10.0 Å².